The van der Waals surface area contributed by atoms with Gasteiger partial charge in [0, 0.05) is 32.4 Å². The quantitative estimate of drug-likeness (QED) is 0.815. The highest BCUT2D eigenvalue weighted by Crippen LogP contribution is 2.08. The van der Waals surface area contributed by atoms with E-state index in [2.05, 4.69) is 50.1 Å². The van der Waals surface area contributed by atoms with E-state index in [0.717, 1.165) is 44.2 Å². The number of piperazine rings is 1. The molecule has 5 heteroatoms. The molecular weight excluding hydrogens is 214 g/mol. The van der Waals surface area contributed by atoms with Gasteiger partial charge in [0.15, 0.2) is 11.5 Å². The first-order valence-corrected chi connectivity index (χ1v) is 6.06. The third-order valence-electron chi connectivity index (χ3n) is 3.21. The maximum absolute atomic E-state index is 4.28. The summed E-state index contributed by atoms with van der Waals surface area (Å²) in [7, 11) is 0. The molecule has 1 aliphatic rings. The van der Waals surface area contributed by atoms with Gasteiger partial charge in [-0.1, -0.05) is 0 Å². The van der Waals surface area contributed by atoms with Gasteiger partial charge in [-0.2, -0.15) is 0 Å². The standard InChI is InChI=1S/C12H17N5/c1-10-2-5-17-11(8-10)14-15-12(17)9-16-6-3-13-4-7-16/h2,5,8,13H,3-4,6-7,9H2,1H3. The Hall–Kier alpha value is -1.46. The summed E-state index contributed by atoms with van der Waals surface area (Å²) in [5, 5.41) is 11.9. The van der Waals surface area contributed by atoms with E-state index in [0.29, 0.717) is 0 Å². The van der Waals surface area contributed by atoms with Crippen molar-refractivity contribution >= 4 is 5.65 Å². The van der Waals surface area contributed by atoms with Crippen LogP contribution in [0.1, 0.15) is 11.4 Å². The van der Waals surface area contributed by atoms with E-state index in [1.165, 1.54) is 5.56 Å². The second-order valence-corrected chi connectivity index (χ2v) is 4.57. The number of fused-ring (bicyclic) bond motifs is 1. The van der Waals surface area contributed by atoms with Crippen molar-refractivity contribution in [1.82, 2.24) is 24.8 Å². The highest BCUT2D eigenvalue weighted by Gasteiger charge is 2.13. The number of nitrogens with zero attached hydrogens (tertiary/aromatic N) is 4. The van der Waals surface area contributed by atoms with Crippen LogP contribution in [0.3, 0.4) is 0 Å². The fraction of sp³-hybridized carbons (Fsp3) is 0.500. The minimum absolute atomic E-state index is 0.881. The summed E-state index contributed by atoms with van der Waals surface area (Å²) in [5.41, 5.74) is 2.16. The fourth-order valence-electron chi connectivity index (χ4n) is 2.22. The molecule has 0 radical (unpaired) electrons. The Morgan fingerprint density at radius 3 is 2.94 bits per heavy atom. The van der Waals surface area contributed by atoms with E-state index in [4.69, 9.17) is 0 Å². The zero-order chi connectivity index (χ0) is 11.7. The summed E-state index contributed by atoms with van der Waals surface area (Å²) in [5.74, 6) is 1.03. The predicted molar refractivity (Wildman–Crippen MR) is 65.9 cm³/mol. The van der Waals surface area contributed by atoms with Gasteiger partial charge in [0.2, 0.25) is 0 Å². The van der Waals surface area contributed by atoms with Crippen LogP contribution in [0.15, 0.2) is 18.3 Å². The molecule has 0 amide bonds. The van der Waals surface area contributed by atoms with Crippen LogP contribution >= 0.6 is 0 Å². The molecule has 1 N–H and O–H groups in total. The highest BCUT2D eigenvalue weighted by molar-refractivity contribution is 5.40. The van der Waals surface area contributed by atoms with Gasteiger partial charge in [-0.25, -0.2) is 0 Å². The zero-order valence-corrected chi connectivity index (χ0v) is 10.1. The Bertz CT molecular complexity index is 513. The Labute approximate surface area is 100 Å². The molecule has 0 unspecified atom stereocenters. The number of nitrogens with one attached hydrogen (secondary N) is 1. The summed E-state index contributed by atoms with van der Waals surface area (Å²) < 4.78 is 2.08. The van der Waals surface area contributed by atoms with Gasteiger partial charge in [0.25, 0.3) is 0 Å². The molecule has 1 saturated heterocycles. The number of aromatic nitrogens is 3. The Morgan fingerprint density at radius 1 is 1.29 bits per heavy atom. The van der Waals surface area contributed by atoms with Crippen LogP contribution in [0.5, 0.6) is 0 Å². The van der Waals surface area contributed by atoms with E-state index >= 15 is 0 Å². The van der Waals surface area contributed by atoms with Crippen molar-refractivity contribution in [1.29, 1.82) is 0 Å². The van der Waals surface area contributed by atoms with E-state index in [9.17, 15) is 0 Å². The first kappa shape index (κ1) is 10.7. The average molecular weight is 231 g/mol. The van der Waals surface area contributed by atoms with Crippen molar-refractivity contribution in [2.45, 2.75) is 13.5 Å². The molecule has 0 atom stereocenters. The summed E-state index contributed by atoms with van der Waals surface area (Å²) in [6.45, 7) is 7.25. The van der Waals surface area contributed by atoms with Crippen LogP contribution in [0.2, 0.25) is 0 Å². The summed E-state index contributed by atoms with van der Waals surface area (Å²) >= 11 is 0. The van der Waals surface area contributed by atoms with Gasteiger partial charge in [-0.3, -0.25) is 9.30 Å². The molecule has 2 aromatic rings. The van der Waals surface area contributed by atoms with Crippen LogP contribution in [-0.4, -0.2) is 45.7 Å². The number of hydrogen-bond acceptors (Lipinski definition) is 4. The van der Waals surface area contributed by atoms with Crippen LogP contribution in [0.4, 0.5) is 0 Å². The van der Waals surface area contributed by atoms with Crippen LogP contribution in [0.25, 0.3) is 5.65 Å². The van der Waals surface area contributed by atoms with Gasteiger partial charge in [-0.05, 0) is 24.6 Å². The second kappa shape index (κ2) is 4.43. The Morgan fingerprint density at radius 2 is 2.12 bits per heavy atom. The van der Waals surface area contributed by atoms with Gasteiger partial charge < -0.3 is 5.32 Å². The Balaban J connectivity index is 1.84. The third-order valence-corrected chi connectivity index (χ3v) is 3.21. The molecule has 0 bridgehead atoms. The monoisotopic (exact) mass is 231 g/mol. The fourth-order valence-corrected chi connectivity index (χ4v) is 2.22. The molecule has 90 valence electrons. The van der Waals surface area contributed by atoms with E-state index in [1.807, 2.05) is 0 Å². The molecule has 0 saturated carbocycles. The van der Waals surface area contributed by atoms with E-state index in [-0.39, 0.29) is 0 Å². The minimum Gasteiger partial charge on any atom is -0.314 e. The number of hydrogen-bond donors (Lipinski definition) is 1. The second-order valence-electron chi connectivity index (χ2n) is 4.57. The first-order chi connectivity index (χ1) is 8.33. The van der Waals surface area contributed by atoms with Crippen molar-refractivity contribution in [2.24, 2.45) is 0 Å². The van der Waals surface area contributed by atoms with Crippen molar-refractivity contribution in [2.75, 3.05) is 26.2 Å². The lowest BCUT2D eigenvalue weighted by Crippen LogP contribution is -2.43. The van der Waals surface area contributed by atoms with Gasteiger partial charge in [0.1, 0.15) is 0 Å². The summed E-state index contributed by atoms with van der Waals surface area (Å²) in [6, 6.07) is 4.16. The number of aryl methyl sites for hydroxylation is 1. The average Bonchev–Trinajstić information content (AvgIpc) is 2.73. The Kier molecular flexibility index (Phi) is 2.78. The molecule has 17 heavy (non-hydrogen) atoms. The number of pyridine rings is 1. The molecule has 1 aliphatic heterocycles. The molecule has 2 aromatic heterocycles. The smallest absolute Gasteiger partial charge is 0.161 e. The van der Waals surface area contributed by atoms with E-state index < -0.39 is 0 Å². The lowest BCUT2D eigenvalue weighted by molar-refractivity contribution is 0.227. The molecule has 3 heterocycles. The molecule has 0 spiro atoms. The largest absolute Gasteiger partial charge is 0.314 e. The molecule has 0 aromatic carbocycles. The summed E-state index contributed by atoms with van der Waals surface area (Å²) in [6.07, 6.45) is 2.06. The molecular formula is C12H17N5. The first-order valence-electron chi connectivity index (χ1n) is 6.06. The molecule has 1 fully saturated rings. The lowest BCUT2D eigenvalue weighted by atomic mass is 10.3. The SMILES string of the molecule is Cc1ccn2c(CN3CCNCC3)nnc2c1. The summed E-state index contributed by atoms with van der Waals surface area (Å²) in [4.78, 5) is 2.41. The molecule has 3 rings (SSSR count). The van der Waals surface area contributed by atoms with Gasteiger partial charge in [0.05, 0.1) is 6.54 Å². The highest BCUT2D eigenvalue weighted by atomic mass is 15.3. The third kappa shape index (κ3) is 2.16. The minimum atomic E-state index is 0.881. The van der Waals surface area contributed by atoms with Crippen LogP contribution in [-0.2, 0) is 6.54 Å². The topological polar surface area (TPSA) is 45.5 Å². The van der Waals surface area contributed by atoms with Crippen LogP contribution < -0.4 is 5.32 Å². The van der Waals surface area contributed by atoms with Crippen molar-refractivity contribution in [3.8, 4) is 0 Å². The van der Waals surface area contributed by atoms with Crippen LogP contribution in [0, 0.1) is 6.92 Å². The van der Waals surface area contributed by atoms with Gasteiger partial charge >= 0.3 is 0 Å². The van der Waals surface area contributed by atoms with Gasteiger partial charge in [-0.15, -0.1) is 10.2 Å². The van der Waals surface area contributed by atoms with Crippen molar-refractivity contribution in [3.05, 3.63) is 29.7 Å². The maximum atomic E-state index is 4.28. The predicted octanol–water partition coefficient (Wildman–Crippen LogP) is 0.443. The van der Waals surface area contributed by atoms with Crippen molar-refractivity contribution in [3.63, 3.8) is 0 Å². The maximum Gasteiger partial charge on any atom is 0.161 e. The van der Waals surface area contributed by atoms with Crippen molar-refractivity contribution < 1.29 is 0 Å². The molecule has 5 nitrogen and oxygen atoms in total. The van der Waals surface area contributed by atoms with E-state index in [1.54, 1.807) is 0 Å². The molecule has 0 aliphatic carbocycles. The lowest BCUT2D eigenvalue weighted by Gasteiger charge is -2.26. The number of rotatable bonds is 2. The normalized spacial score (nSPS) is 17.7. The zero-order valence-electron chi connectivity index (χ0n) is 10.1.